The van der Waals surface area contributed by atoms with Crippen molar-refractivity contribution >= 4 is 17.8 Å². The minimum absolute atomic E-state index is 0.216. The Morgan fingerprint density at radius 3 is 2.33 bits per heavy atom. The Bertz CT molecular complexity index is 954. The van der Waals surface area contributed by atoms with Crippen molar-refractivity contribution in [2.75, 3.05) is 19.0 Å². The van der Waals surface area contributed by atoms with Crippen LogP contribution in [0, 0.1) is 13.8 Å². The first-order valence-corrected chi connectivity index (χ1v) is 8.82. The van der Waals surface area contributed by atoms with E-state index < -0.39 is 0 Å². The fourth-order valence-corrected chi connectivity index (χ4v) is 3.05. The lowest BCUT2D eigenvalue weighted by Crippen LogP contribution is -2.18. The van der Waals surface area contributed by atoms with Crippen molar-refractivity contribution in [1.29, 1.82) is 0 Å². The van der Waals surface area contributed by atoms with Gasteiger partial charge in [0, 0.05) is 36.9 Å². The standard InChI is InChI=1S/C22H24N4O/c1-16-14-21(17(2)26(16)20-8-6-5-7-9-20)22(27)24-23-15-18-10-12-19(13-11-18)25(3)4/h5-15H,1-4H3,(H,24,27)/b23-15-. The lowest BCUT2D eigenvalue weighted by molar-refractivity contribution is 0.0954. The summed E-state index contributed by atoms with van der Waals surface area (Å²) in [5.41, 5.74) is 8.22. The van der Waals surface area contributed by atoms with Crippen LogP contribution in [0.4, 0.5) is 5.69 Å². The summed E-state index contributed by atoms with van der Waals surface area (Å²) < 4.78 is 2.07. The summed E-state index contributed by atoms with van der Waals surface area (Å²) in [6.07, 6.45) is 1.65. The van der Waals surface area contributed by atoms with Crippen molar-refractivity contribution in [2.45, 2.75) is 13.8 Å². The molecule has 1 N–H and O–H groups in total. The molecular formula is C22H24N4O. The molecular weight excluding hydrogens is 336 g/mol. The van der Waals surface area contributed by atoms with Crippen LogP contribution in [-0.4, -0.2) is 30.8 Å². The summed E-state index contributed by atoms with van der Waals surface area (Å²) in [6, 6.07) is 19.8. The number of nitrogens with one attached hydrogen (secondary N) is 1. The molecule has 0 aliphatic rings. The van der Waals surface area contributed by atoms with Gasteiger partial charge in [0.1, 0.15) is 0 Å². The van der Waals surface area contributed by atoms with E-state index in [4.69, 9.17) is 0 Å². The molecule has 0 unspecified atom stereocenters. The fraction of sp³-hybridized carbons (Fsp3) is 0.182. The van der Waals surface area contributed by atoms with Crippen LogP contribution >= 0.6 is 0 Å². The third-order valence-electron chi connectivity index (χ3n) is 4.48. The molecule has 2 aromatic carbocycles. The second-order valence-electron chi connectivity index (χ2n) is 6.64. The summed E-state index contributed by atoms with van der Waals surface area (Å²) in [5, 5.41) is 4.10. The number of amides is 1. The highest BCUT2D eigenvalue weighted by Crippen LogP contribution is 2.20. The monoisotopic (exact) mass is 360 g/mol. The van der Waals surface area contributed by atoms with E-state index in [1.54, 1.807) is 6.21 Å². The van der Waals surface area contributed by atoms with Gasteiger partial charge in [-0.05, 0) is 49.7 Å². The van der Waals surface area contributed by atoms with Crippen molar-refractivity contribution in [3.05, 3.63) is 83.2 Å². The molecule has 0 saturated heterocycles. The van der Waals surface area contributed by atoms with E-state index in [2.05, 4.69) is 15.1 Å². The van der Waals surface area contributed by atoms with Gasteiger partial charge in [0.2, 0.25) is 0 Å². The summed E-state index contributed by atoms with van der Waals surface area (Å²) in [5.74, 6) is -0.216. The van der Waals surface area contributed by atoms with Crippen LogP contribution in [0.15, 0.2) is 65.8 Å². The molecule has 3 rings (SSSR count). The van der Waals surface area contributed by atoms with Crippen molar-refractivity contribution in [3.8, 4) is 5.69 Å². The molecule has 1 amide bonds. The molecule has 0 bridgehead atoms. The predicted molar refractivity (Wildman–Crippen MR) is 111 cm³/mol. The summed E-state index contributed by atoms with van der Waals surface area (Å²) in [6.45, 7) is 3.94. The van der Waals surface area contributed by atoms with E-state index in [1.165, 1.54) is 0 Å². The van der Waals surface area contributed by atoms with Gasteiger partial charge >= 0.3 is 0 Å². The molecule has 27 heavy (non-hydrogen) atoms. The van der Waals surface area contributed by atoms with Crippen molar-refractivity contribution in [2.24, 2.45) is 5.10 Å². The molecule has 1 aromatic heterocycles. The first kappa shape index (κ1) is 18.5. The minimum atomic E-state index is -0.216. The average Bonchev–Trinajstić information content (AvgIpc) is 2.97. The quantitative estimate of drug-likeness (QED) is 0.554. The number of aryl methyl sites for hydroxylation is 1. The van der Waals surface area contributed by atoms with E-state index >= 15 is 0 Å². The second-order valence-corrected chi connectivity index (χ2v) is 6.64. The number of nitrogens with zero attached hydrogens (tertiary/aromatic N) is 3. The lowest BCUT2D eigenvalue weighted by atomic mass is 10.2. The van der Waals surface area contributed by atoms with Gasteiger partial charge in [-0.15, -0.1) is 0 Å². The SMILES string of the molecule is Cc1cc(C(=O)N/N=C\c2ccc(N(C)C)cc2)c(C)n1-c1ccccc1. The average molecular weight is 360 g/mol. The van der Waals surface area contributed by atoms with Gasteiger partial charge in [-0.2, -0.15) is 5.10 Å². The molecule has 3 aromatic rings. The summed E-state index contributed by atoms with van der Waals surface area (Å²) in [4.78, 5) is 14.6. The maximum Gasteiger partial charge on any atom is 0.273 e. The van der Waals surface area contributed by atoms with Crippen LogP contribution < -0.4 is 10.3 Å². The Kier molecular flexibility index (Phi) is 5.41. The number of hydrazone groups is 1. The summed E-state index contributed by atoms with van der Waals surface area (Å²) >= 11 is 0. The predicted octanol–water partition coefficient (Wildman–Crippen LogP) is 3.92. The number of anilines is 1. The normalized spacial score (nSPS) is 11.0. The molecule has 0 aliphatic heterocycles. The third-order valence-corrected chi connectivity index (χ3v) is 4.48. The highest BCUT2D eigenvalue weighted by atomic mass is 16.2. The van der Waals surface area contributed by atoms with Crippen LogP contribution in [-0.2, 0) is 0 Å². The zero-order valence-electron chi connectivity index (χ0n) is 16.1. The van der Waals surface area contributed by atoms with E-state index in [0.717, 1.165) is 28.3 Å². The molecule has 5 heteroatoms. The second kappa shape index (κ2) is 7.91. The van der Waals surface area contributed by atoms with Crippen LogP contribution in [0.2, 0.25) is 0 Å². The Morgan fingerprint density at radius 2 is 1.70 bits per heavy atom. The van der Waals surface area contributed by atoms with Crippen LogP contribution in [0.1, 0.15) is 27.3 Å². The lowest BCUT2D eigenvalue weighted by Gasteiger charge is -2.11. The first-order valence-electron chi connectivity index (χ1n) is 8.82. The number of carbonyl (C=O) groups excluding carboxylic acids is 1. The Labute approximate surface area is 159 Å². The zero-order chi connectivity index (χ0) is 19.4. The largest absolute Gasteiger partial charge is 0.378 e. The molecule has 1 heterocycles. The highest BCUT2D eigenvalue weighted by Gasteiger charge is 2.16. The number of para-hydroxylation sites is 1. The van der Waals surface area contributed by atoms with E-state index in [0.29, 0.717) is 5.56 Å². The number of benzene rings is 2. The van der Waals surface area contributed by atoms with Gasteiger partial charge in [-0.3, -0.25) is 4.79 Å². The topological polar surface area (TPSA) is 49.6 Å². The molecule has 0 spiro atoms. The van der Waals surface area contributed by atoms with Crippen molar-refractivity contribution in [1.82, 2.24) is 9.99 Å². The smallest absolute Gasteiger partial charge is 0.273 e. The van der Waals surface area contributed by atoms with Crippen molar-refractivity contribution < 1.29 is 4.79 Å². The minimum Gasteiger partial charge on any atom is -0.378 e. The van der Waals surface area contributed by atoms with Gasteiger partial charge in [-0.25, -0.2) is 5.43 Å². The maximum atomic E-state index is 12.6. The van der Waals surface area contributed by atoms with Gasteiger partial charge in [0.05, 0.1) is 11.8 Å². The van der Waals surface area contributed by atoms with Gasteiger partial charge in [0.25, 0.3) is 5.91 Å². The van der Waals surface area contributed by atoms with Gasteiger partial charge in [-0.1, -0.05) is 30.3 Å². The van der Waals surface area contributed by atoms with E-state index in [-0.39, 0.29) is 5.91 Å². The Morgan fingerprint density at radius 1 is 1.04 bits per heavy atom. The zero-order valence-corrected chi connectivity index (χ0v) is 16.1. The maximum absolute atomic E-state index is 12.6. The van der Waals surface area contributed by atoms with Crippen LogP contribution in [0.25, 0.3) is 5.69 Å². The molecule has 0 atom stereocenters. The van der Waals surface area contributed by atoms with Gasteiger partial charge < -0.3 is 9.47 Å². The first-order chi connectivity index (χ1) is 13.0. The number of aromatic nitrogens is 1. The molecule has 0 saturated carbocycles. The van der Waals surface area contributed by atoms with Crippen LogP contribution in [0.3, 0.4) is 0 Å². The number of carbonyl (C=O) groups is 1. The highest BCUT2D eigenvalue weighted by molar-refractivity contribution is 5.96. The Balaban J connectivity index is 1.73. The fourth-order valence-electron chi connectivity index (χ4n) is 3.05. The molecule has 0 radical (unpaired) electrons. The Hall–Kier alpha value is -3.34. The van der Waals surface area contributed by atoms with Crippen molar-refractivity contribution in [3.63, 3.8) is 0 Å². The summed E-state index contributed by atoms with van der Waals surface area (Å²) in [7, 11) is 3.99. The van der Waals surface area contributed by atoms with Gasteiger partial charge in [0.15, 0.2) is 0 Å². The molecule has 138 valence electrons. The number of rotatable bonds is 5. The number of hydrogen-bond acceptors (Lipinski definition) is 3. The van der Waals surface area contributed by atoms with E-state index in [9.17, 15) is 4.79 Å². The third kappa shape index (κ3) is 4.08. The van der Waals surface area contributed by atoms with Crippen LogP contribution in [0.5, 0.6) is 0 Å². The van der Waals surface area contributed by atoms with E-state index in [1.807, 2.05) is 93.5 Å². The molecule has 5 nitrogen and oxygen atoms in total. The number of hydrogen-bond donors (Lipinski definition) is 1. The molecule has 0 fully saturated rings. The molecule has 0 aliphatic carbocycles.